The summed E-state index contributed by atoms with van der Waals surface area (Å²) in [4.78, 5) is 11.3. The lowest BCUT2D eigenvalue weighted by atomic mass is 9.99. The third-order valence-corrected chi connectivity index (χ3v) is 2.33. The Bertz CT molecular complexity index is 190. The molecule has 13 heavy (non-hydrogen) atoms. The van der Waals surface area contributed by atoms with Crippen LogP contribution in [0.3, 0.4) is 0 Å². The van der Waals surface area contributed by atoms with Gasteiger partial charge in [-0.05, 0) is 18.8 Å². The molecule has 1 amide bonds. The van der Waals surface area contributed by atoms with Gasteiger partial charge in [-0.25, -0.2) is 0 Å². The van der Waals surface area contributed by atoms with Gasteiger partial charge in [0.25, 0.3) is 5.91 Å². The number of carbonyl (C=O) groups excluding carboxylic acids is 1. The zero-order valence-electron chi connectivity index (χ0n) is 8.16. The van der Waals surface area contributed by atoms with Crippen molar-refractivity contribution < 1.29 is 9.90 Å². The molecule has 1 rings (SSSR count). The lowest BCUT2D eigenvalue weighted by molar-refractivity contribution is -0.131. The molecule has 4 N–H and O–H groups in total. The maximum Gasteiger partial charge on any atom is 0.250 e. The van der Waals surface area contributed by atoms with E-state index in [1.54, 1.807) is 0 Å². The highest BCUT2D eigenvalue weighted by Crippen LogP contribution is 2.19. The first-order chi connectivity index (χ1) is 6.02. The predicted molar refractivity (Wildman–Crippen MR) is 50.0 cm³/mol. The summed E-state index contributed by atoms with van der Waals surface area (Å²) in [7, 11) is 0. The van der Waals surface area contributed by atoms with Crippen molar-refractivity contribution in [1.82, 2.24) is 5.32 Å². The van der Waals surface area contributed by atoms with Crippen molar-refractivity contribution in [3.05, 3.63) is 0 Å². The number of nitrogens with two attached hydrogens (primary N) is 1. The monoisotopic (exact) mass is 186 g/mol. The number of rotatable bonds is 4. The van der Waals surface area contributed by atoms with Gasteiger partial charge >= 0.3 is 0 Å². The number of nitrogens with one attached hydrogen (secondary N) is 1. The van der Waals surface area contributed by atoms with E-state index in [0.717, 1.165) is 12.8 Å². The second-order valence-electron chi connectivity index (χ2n) is 4.05. The van der Waals surface area contributed by atoms with Crippen molar-refractivity contribution in [2.45, 2.75) is 44.9 Å². The topological polar surface area (TPSA) is 75.3 Å². The Morgan fingerprint density at radius 3 is 2.46 bits per heavy atom. The van der Waals surface area contributed by atoms with Crippen LogP contribution < -0.4 is 11.1 Å². The Morgan fingerprint density at radius 1 is 1.54 bits per heavy atom. The van der Waals surface area contributed by atoms with Gasteiger partial charge < -0.3 is 16.2 Å². The fraction of sp³-hybridized carbons (Fsp3) is 0.889. The molecule has 0 radical (unpaired) electrons. The Hall–Kier alpha value is -0.610. The molecule has 0 aromatic rings. The van der Waals surface area contributed by atoms with Crippen LogP contribution in [0.5, 0.6) is 0 Å². The Kier molecular flexibility index (Phi) is 3.27. The summed E-state index contributed by atoms with van der Waals surface area (Å²) >= 11 is 0. The number of amides is 1. The molecule has 0 saturated heterocycles. The van der Waals surface area contributed by atoms with E-state index in [0.29, 0.717) is 0 Å². The van der Waals surface area contributed by atoms with Gasteiger partial charge in [0.1, 0.15) is 6.10 Å². The molecule has 1 aliphatic rings. The van der Waals surface area contributed by atoms with Gasteiger partial charge in [-0.3, -0.25) is 4.79 Å². The highest BCUT2D eigenvalue weighted by Gasteiger charge is 2.30. The Morgan fingerprint density at radius 2 is 2.08 bits per heavy atom. The Labute approximate surface area is 78.5 Å². The highest BCUT2D eigenvalue weighted by molar-refractivity contribution is 5.81. The van der Waals surface area contributed by atoms with Crippen molar-refractivity contribution in [3.8, 4) is 0 Å². The van der Waals surface area contributed by atoms with Gasteiger partial charge in [0.05, 0.1) is 0 Å². The van der Waals surface area contributed by atoms with E-state index in [9.17, 15) is 9.90 Å². The van der Waals surface area contributed by atoms with Gasteiger partial charge in [0.2, 0.25) is 0 Å². The molecule has 2 atom stereocenters. The molecule has 0 spiro atoms. The molecule has 4 heteroatoms. The number of hydrogen-bond acceptors (Lipinski definition) is 3. The van der Waals surface area contributed by atoms with E-state index in [1.165, 1.54) is 0 Å². The van der Waals surface area contributed by atoms with Gasteiger partial charge in [0, 0.05) is 12.1 Å². The molecule has 0 unspecified atom stereocenters. The molecular weight excluding hydrogens is 168 g/mol. The fourth-order valence-electron chi connectivity index (χ4n) is 1.05. The second-order valence-corrected chi connectivity index (χ2v) is 4.05. The summed E-state index contributed by atoms with van der Waals surface area (Å²) in [5.41, 5.74) is 5.65. The molecule has 4 nitrogen and oxygen atoms in total. The molecule has 1 saturated carbocycles. The van der Waals surface area contributed by atoms with E-state index < -0.39 is 12.1 Å². The van der Waals surface area contributed by atoms with Gasteiger partial charge in [-0.1, -0.05) is 13.8 Å². The van der Waals surface area contributed by atoms with Crippen molar-refractivity contribution >= 4 is 5.91 Å². The van der Waals surface area contributed by atoms with Crippen LogP contribution in [-0.4, -0.2) is 29.2 Å². The number of aliphatic hydroxyl groups excluding tert-OH is 1. The molecule has 76 valence electrons. The zero-order valence-corrected chi connectivity index (χ0v) is 8.16. The molecule has 0 bridgehead atoms. The molecule has 0 aromatic carbocycles. The van der Waals surface area contributed by atoms with Crippen LogP contribution in [0, 0.1) is 5.92 Å². The van der Waals surface area contributed by atoms with Crippen LogP contribution in [0.4, 0.5) is 0 Å². The van der Waals surface area contributed by atoms with Crippen LogP contribution in [0.1, 0.15) is 26.7 Å². The maximum absolute atomic E-state index is 11.3. The molecule has 0 heterocycles. The summed E-state index contributed by atoms with van der Waals surface area (Å²) in [5.74, 6) is -0.219. The third kappa shape index (κ3) is 2.97. The van der Waals surface area contributed by atoms with E-state index in [-0.39, 0.29) is 17.9 Å². The minimum atomic E-state index is -1.07. The first-order valence-electron chi connectivity index (χ1n) is 4.76. The van der Waals surface area contributed by atoms with E-state index >= 15 is 0 Å². The normalized spacial score (nSPS) is 21.3. The average molecular weight is 186 g/mol. The first kappa shape index (κ1) is 10.5. The van der Waals surface area contributed by atoms with E-state index in [1.807, 2.05) is 13.8 Å². The van der Waals surface area contributed by atoms with Crippen LogP contribution in [0.2, 0.25) is 0 Å². The van der Waals surface area contributed by atoms with E-state index in [4.69, 9.17) is 5.73 Å². The summed E-state index contributed by atoms with van der Waals surface area (Å²) in [6.45, 7) is 3.77. The van der Waals surface area contributed by atoms with Crippen LogP contribution in [-0.2, 0) is 4.79 Å². The van der Waals surface area contributed by atoms with Crippen LogP contribution in [0.25, 0.3) is 0 Å². The minimum absolute atomic E-state index is 0.111. The minimum Gasteiger partial charge on any atom is -0.382 e. The lowest BCUT2D eigenvalue weighted by Gasteiger charge is -2.21. The molecule has 0 aliphatic heterocycles. The van der Waals surface area contributed by atoms with Crippen molar-refractivity contribution in [3.63, 3.8) is 0 Å². The molecule has 1 fully saturated rings. The molecule has 1 aliphatic carbocycles. The van der Waals surface area contributed by atoms with Gasteiger partial charge in [-0.15, -0.1) is 0 Å². The summed E-state index contributed by atoms with van der Waals surface area (Å²) in [6, 6.07) is -0.194. The first-order valence-corrected chi connectivity index (χ1v) is 4.76. The average Bonchev–Trinajstić information content (AvgIpc) is 2.85. The maximum atomic E-state index is 11.3. The van der Waals surface area contributed by atoms with Crippen LogP contribution in [0.15, 0.2) is 0 Å². The number of carbonyl (C=O) groups is 1. The number of hydrogen-bond donors (Lipinski definition) is 3. The third-order valence-electron chi connectivity index (χ3n) is 2.33. The van der Waals surface area contributed by atoms with Gasteiger partial charge in [0.15, 0.2) is 0 Å². The van der Waals surface area contributed by atoms with Crippen molar-refractivity contribution in [1.29, 1.82) is 0 Å². The van der Waals surface area contributed by atoms with E-state index in [2.05, 4.69) is 5.32 Å². The van der Waals surface area contributed by atoms with Crippen LogP contribution >= 0.6 is 0 Å². The largest absolute Gasteiger partial charge is 0.382 e. The quantitative estimate of drug-likeness (QED) is 0.559. The summed E-state index contributed by atoms with van der Waals surface area (Å²) < 4.78 is 0. The number of aliphatic hydroxyl groups is 1. The lowest BCUT2D eigenvalue weighted by Crippen LogP contribution is -2.49. The van der Waals surface area contributed by atoms with Crippen molar-refractivity contribution in [2.24, 2.45) is 11.7 Å². The van der Waals surface area contributed by atoms with Gasteiger partial charge in [-0.2, -0.15) is 0 Å². The molecular formula is C9H18N2O2. The van der Waals surface area contributed by atoms with Crippen molar-refractivity contribution in [2.75, 3.05) is 0 Å². The Balaban J connectivity index is 2.35. The SMILES string of the molecule is CC(C)[C@H](N)[C@H](O)C(=O)NC1CC1. The predicted octanol–water partition coefficient (Wildman–Crippen LogP) is -0.391. The fourth-order valence-corrected chi connectivity index (χ4v) is 1.05. The second kappa shape index (κ2) is 4.07. The summed E-state index contributed by atoms with van der Waals surface area (Å²) in [5, 5.41) is 12.2. The highest BCUT2D eigenvalue weighted by atomic mass is 16.3. The molecule has 0 aromatic heterocycles. The zero-order chi connectivity index (χ0) is 10.0. The summed E-state index contributed by atoms with van der Waals surface area (Å²) in [6.07, 6.45) is 0.977. The smallest absolute Gasteiger partial charge is 0.250 e. The standard InChI is InChI=1S/C9H18N2O2/c1-5(2)7(10)8(12)9(13)11-6-3-4-6/h5-8,12H,3-4,10H2,1-2H3,(H,11,13)/t7-,8-/m0/s1.